The molecule has 2 heterocycles. The minimum Gasteiger partial charge on any atom is -0.508 e. The Bertz CT molecular complexity index is 729. The van der Waals surface area contributed by atoms with E-state index < -0.39 is 6.04 Å². The number of oxazole rings is 1. The molecule has 4 N–H and O–H groups in total. The first-order valence-corrected chi connectivity index (χ1v) is 9.00. The summed E-state index contributed by atoms with van der Waals surface area (Å²) in [6, 6.07) is 6.91. The Hall–Kier alpha value is -2.38. The summed E-state index contributed by atoms with van der Waals surface area (Å²) in [5, 5.41) is 12.2. The first-order chi connectivity index (χ1) is 12.5. The third kappa shape index (κ3) is 4.62. The van der Waals surface area contributed by atoms with Gasteiger partial charge in [0.2, 0.25) is 5.89 Å². The Labute approximate surface area is 153 Å². The molecule has 7 heteroatoms. The third-order valence-electron chi connectivity index (χ3n) is 4.90. The molecule has 1 aromatic carbocycles. The molecular weight excluding hydrogens is 332 g/mol. The highest BCUT2D eigenvalue weighted by Crippen LogP contribution is 2.19. The first-order valence-electron chi connectivity index (χ1n) is 9.00. The van der Waals surface area contributed by atoms with Crippen molar-refractivity contribution in [3.05, 3.63) is 47.7 Å². The molecule has 1 fully saturated rings. The summed E-state index contributed by atoms with van der Waals surface area (Å²) in [4.78, 5) is 18.8. The van der Waals surface area contributed by atoms with Gasteiger partial charge in [0.1, 0.15) is 12.0 Å². The SMILES string of the molecule is CN1CCCC1CCNC(=O)c1coc(C(N)Cc2ccc(O)cc2)n1. The van der Waals surface area contributed by atoms with Crippen molar-refractivity contribution in [2.75, 3.05) is 20.1 Å². The van der Waals surface area contributed by atoms with E-state index in [0.29, 0.717) is 24.9 Å². The lowest BCUT2D eigenvalue weighted by Crippen LogP contribution is -2.32. The molecule has 2 unspecified atom stereocenters. The molecule has 0 radical (unpaired) electrons. The van der Waals surface area contributed by atoms with E-state index in [4.69, 9.17) is 10.2 Å². The number of benzene rings is 1. The second kappa shape index (κ2) is 8.33. The van der Waals surface area contributed by atoms with Crippen LogP contribution in [0.4, 0.5) is 0 Å². The summed E-state index contributed by atoms with van der Waals surface area (Å²) in [7, 11) is 2.12. The van der Waals surface area contributed by atoms with Crippen LogP contribution in [0.15, 0.2) is 34.9 Å². The van der Waals surface area contributed by atoms with E-state index >= 15 is 0 Å². The molecule has 0 saturated carbocycles. The number of likely N-dealkylation sites (tertiary alicyclic amines) is 1. The quantitative estimate of drug-likeness (QED) is 0.697. The molecule has 2 aromatic rings. The fourth-order valence-corrected chi connectivity index (χ4v) is 3.32. The molecule has 1 saturated heterocycles. The number of hydrogen-bond acceptors (Lipinski definition) is 6. The van der Waals surface area contributed by atoms with Crippen molar-refractivity contribution < 1.29 is 14.3 Å². The maximum absolute atomic E-state index is 12.2. The predicted octanol–water partition coefficient (Wildman–Crippen LogP) is 1.84. The molecule has 1 aromatic heterocycles. The van der Waals surface area contributed by atoms with Crippen molar-refractivity contribution in [3.63, 3.8) is 0 Å². The zero-order valence-corrected chi connectivity index (χ0v) is 15.0. The summed E-state index contributed by atoms with van der Waals surface area (Å²) in [6.45, 7) is 1.75. The van der Waals surface area contributed by atoms with Crippen molar-refractivity contribution in [1.82, 2.24) is 15.2 Å². The van der Waals surface area contributed by atoms with E-state index in [0.717, 1.165) is 18.5 Å². The van der Waals surface area contributed by atoms with Gasteiger partial charge in [-0.15, -0.1) is 0 Å². The first kappa shape index (κ1) is 18.4. The summed E-state index contributed by atoms with van der Waals surface area (Å²) in [5.74, 6) is 0.303. The Morgan fingerprint density at radius 3 is 2.92 bits per heavy atom. The highest BCUT2D eigenvalue weighted by molar-refractivity contribution is 5.91. The number of carbonyl (C=O) groups excluding carboxylic acids is 1. The van der Waals surface area contributed by atoms with Crippen LogP contribution in [0.25, 0.3) is 0 Å². The number of rotatable bonds is 7. The van der Waals surface area contributed by atoms with Gasteiger partial charge in [-0.25, -0.2) is 4.98 Å². The Kier molecular flexibility index (Phi) is 5.90. The number of amides is 1. The van der Waals surface area contributed by atoms with Crippen LogP contribution in [0.1, 0.15) is 47.2 Å². The van der Waals surface area contributed by atoms with Gasteiger partial charge in [0, 0.05) is 12.6 Å². The van der Waals surface area contributed by atoms with Crippen LogP contribution in [0.5, 0.6) is 5.75 Å². The summed E-state index contributed by atoms with van der Waals surface area (Å²) >= 11 is 0. The van der Waals surface area contributed by atoms with Crippen LogP contribution in [0, 0.1) is 0 Å². The number of nitrogens with one attached hydrogen (secondary N) is 1. The monoisotopic (exact) mass is 358 g/mol. The minimum absolute atomic E-state index is 0.209. The molecule has 1 amide bonds. The average molecular weight is 358 g/mol. The van der Waals surface area contributed by atoms with Crippen molar-refractivity contribution >= 4 is 5.91 Å². The van der Waals surface area contributed by atoms with Gasteiger partial charge in [0.25, 0.3) is 5.91 Å². The maximum Gasteiger partial charge on any atom is 0.273 e. The van der Waals surface area contributed by atoms with Crippen LogP contribution >= 0.6 is 0 Å². The van der Waals surface area contributed by atoms with Crippen molar-refractivity contribution in [1.29, 1.82) is 0 Å². The van der Waals surface area contributed by atoms with Gasteiger partial charge in [0.15, 0.2) is 5.69 Å². The van der Waals surface area contributed by atoms with Crippen LogP contribution in [0.3, 0.4) is 0 Å². The molecule has 140 valence electrons. The van der Waals surface area contributed by atoms with E-state index in [-0.39, 0.29) is 17.4 Å². The van der Waals surface area contributed by atoms with Gasteiger partial charge >= 0.3 is 0 Å². The van der Waals surface area contributed by atoms with Crippen LogP contribution in [-0.4, -0.2) is 47.1 Å². The molecule has 0 bridgehead atoms. The second-order valence-electron chi connectivity index (χ2n) is 6.87. The molecular formula is C19H26N4O3. The zero-order valence-electron chi connectivity index (χ0n) is 15.0. The maximum atomic E-state index is 12.2. The van der Waals surface area contributed by atoms with E-state index in [2.05, 4.69) is 22.2 Å². The highest BCUT2D eigenvalue weighted by Gasteiger charge is 2.21. The number of phenolic OH excluding ortho intramolecular Hbond substituents is 1. The van der Waals surface area contributed by atoms with E-state index in [9.17, 15) is 9.90 Å². The fraction of sp³-hybridized carbons (Fsp3) is 0.474. The largest absolute Gasteiger partial charge is 0.508 e. The number of nitrogens with zero attached hydrogens (tertiary/aromatic N) is 2. The van der Waals surface area contributed by atoms with Gasteiger partial charge in [-0.05, 0) is 57.0 Å². The topological polar surface area (TPSA) is 105 Å². The number of carbonyl (C=O) groups is 1. The molecule has 1 aliphatic rings. The molecule has 0 aliphatic carbocycles. The van der Waals surface area contributed by atoms with Gasteiger partial charge < -0.3 is 25.5 Å². The van der Waals surface area contributed by atoms with E-state index in [1.807, 2.05) is 0 Å². The smallest absolute Gasteiger partial charge is 0.273 e. The van der Waals surface area contributed by atoms with Crippen LogP contribution in [0.2, 0.25) is 0 Å². The van der Waals surface area contributed by atoms with Crippen molar-refractivity contribution in [2.45, 2.75) is 37.8 Å². The summed E-state index contributed by atoms with van der Waals surface area (Å²) in [6.07, 6.45) is 5.21. The van der Waals surface area contributed by atoms with Gasteiger partial charge in [0.05, 0.1) is 6.04 Å². The fourth-order valence-electron chi connectivity index (χ4n) is 3.32. The lowest BCUT2D eigenvalue weighted by molar-refractivity contribution is 0.0945. The molecule has 7 nitrogen and oxygen atoms in total. The number of aromatic hydroxyl groups is 1. The normalized spacial score (nSPS) is 18.8. The van der Waals surface area contributed by atoms with Gasteiger partial charge in [-0.3, -0.25) is 4.79 Å². The standard InChI is InChI=1S/C19H26N4O3/c1-23-10-2-3-14(23)8-9-21-18(25)17-12-26-19(22-17)16(20)11-13-4-6-15(24)7-5-13/h4-7,12,14,16,24H,2-3,8-11,20H2,1H3,(H,21,25). The Morgan fingerprint density at radius 2 is 2.23 bits per heavy atom. The number of aromatic nitrogens is 1. The highest BCUT2D eigenvalue weighted by atomic mass is 16.3. The van der Waals surface area contributed by atoms with Crippen LogP contribution in [-0.2, 0) is 6.42 Å². The molecule has 2 atom stereocenters. The minimum atomic E-state index is -0.451. The zero-order chi connectivity index (χ0) is 18.5. The third-order valence-corrected chi connectivity index (χ3v) is 4.90. The molecule has 1 aliphatic heterocycles. The van der Waals surface area contributed by atoms with Gasteiger partial charge in [-0.2, -0.15) is 0 Å². The lowest BCUT2D eigenvalue weighted by Gasteiger charge is -2.18. The molecule has 26 heavy (non-hydrogen) atoms. The second-order valence-corrected chi connectivity index (χ2v) is 6.87. The summed E-state index contributed by atoms with van der Waals surface area (Å²) in [5.41, 5.74) is 7.33. The van der Waals surface area contributed by atoms with Crippen molar-refractivity contribution in [2.24, 2.45) is 5.73 Å². The van der Waals surface area contributed by atoms with E-state index in [1.165, 1.54) is 19.1 Å². The van der Waals surface area contributed by atoms with Crippen molar-refractivity contribution in [3.8, 4) is 5.75 Å². The molecule has 3 rings (SSSR count). The number of nitrogens with two attached hydrogens (primary N) is 1. The Morgan fingerprint density at radius 1 is 1.46 bits per heavy atom. The van der Waals surface area contributed by atoms with Gasteiger partial charge in [-0.1, -0.05) is 12.1 Å². The lowest BCUT2D eigenvalue weighted by atomic mass is 10.1. The predicted molar refractivity (Wildman–Crippen MR) is 97.8 cm³/mol. The number of hydrogen-bond donors (Lipinski definition) is 3. The summed E-state index contributed by atoms with van der Waals surface area (Å²) < 4.78 is 5.39. The van der Waals surface area contributed by atoms with E-state index in [1.54, 1.807) is 24.3 Å². The van der Waals surface area contributed by atoms with Crippen LogP contribution < -0.4 is 11.1 Å². The number of phenols is 1. The molecule has 0 spiro atoms. The average Bonchev–Trinajstić information content (AvgIpc) is 3.26. The Balaban J connectivity index is 1.49.